The number of ether oxygens (including phenoxy) is 4. The van der Waals surface area contributed by atoms with Gasteiger partial charge in [0.1, 0.15) is 24.7 Å². The van der Waals surface area contributed by atoms with Crippen molar-refractivity contribution in [3.63, 3.8) is 0 Å². The zero-order valence-corrected chi connectivity index (χ0v) is 16.5. The number of rotatable bonds is 11. The standard InChI is InChI=1S/C22H32O4/c1-17-5-7-21(15-19(17)3)26-14-12-24-10-9-20-16-22(8-6-18(20)2)25-13-11-23-4/h5-8,15-16,18,20H,9-14H2,1-4H3. The molecule has 4 nitrogen and oxygen atoms in total. The Morgan fingerprint density at radius 1 is 0.923 bits per heavy atom. The van der Waals surface area contributed by atoms with Crippen molar-refractivity contribution in [3.05, 3.63) is 53.3 Å². The third-order valence-electron chi connectivity index (χ3n) is 4.74. The summed E-state index contributed by atoms with van der Waals surface area (Å²) in [5, 5.41) is 0. The molecular formula is C22H32O4. The van der Waals surface area contributed by atoms with E-state index in [1.54, 1.807) is 7.11 Å². The van der Waals surface area contributed by atoms with Crippen molar-refractivity contribution >= 4 is 0 Å². The van der Waals surface area contributed by atoms with Gasteiger partial charge in [-0.15, -0.1) is 0 Å². The lowest BCUT2D eigenvalue weighted by Gasteiger charge is -2.23. The molecule has 0 bridgehead atoms. The van der Waals surface area contributed by atoms with Crippen molar-refractivity contribution < 1.29 is 18.9 Å². The second kappa shape index (κ2) is 11.0. The van der Waals surface area contributed by atoms with Gasteiger partial charge in [-0.1, -0.05) is 19.1 Å². The molecule has 0 aliphatic heterocycles. The molecule has 1 aromatic rings. The number of allylic oxidation sites excluding steroid dienone is 3. The zero-order valence-electron chi connectivity index (χ0n) is 16.5. The highest BCUT2D eigenvalue weighted by Crippen LogP contribution is 2.26. The van der Waals surface area contributed by atoms with Crippen molar-refractivity contribution in [3.8, 4) is 5.75 Å². The predicted molar refractivity (Wildman–Crippen MR) is 105 cm³/mol. The number of hydrogen-bond donors (Lipinski definition) is 0. The second-order valence-electron chi connectivity index (χ2n) is 6.79. The van der Waals surface area contributed by atoms with Crippen LogP contribution in [0.5, 0.6) is 5.75 Å². The fourth-order valence-electron chi connectivity index (χ4n) is 2.84. The Morgan fingerprint density at radius 3 is 2.50 bits per heavy atom. The molecular weight excluding hydrogens is 328 g/mol. The lowest BCUT2D eigenvalue weighted by molar-refractivity contribution is 0.0889. The maximum absolute atomic E-state index is 5.76. The van der Waals surface area contributed by atoms with E-state index in [0.717, 1.165) is 24.5 Å². The van der Waals surface area contributed by atoms with Crippen LogP contribution in [0.3, 0.4) is 0 Å². The molecule has 0 fully saturated rings. The first-order valence-electron chi connectivity index (χ1n) is 9.39. The molecule has 0 N–H and O–H groups in total. The molecule has 0 saturated carbocycles. The lowest BCUT2D eigenvalue weighted by Crippen LogP contribution is -2.16. The SMILES string of the molecule is COCCOC1=CC(CCOCCOc2ccc(C)c(C)c2)C(C)C=C1. The molecule has 1 aliphatic rings. The summed E-state index contributed by atoms with van der Waals surface area (Å²) in [6.07, 6.45) is 7.44. The van der Waals surface area contributed by atoms with Crippen LogP contribution in [0, 0.1) is 25.7 Å². The van der Waals surface area contributed by atoms with Crippen LogP contribution in [0.4, 0.5) is 0 Å². The number of aryl methyl sites for hydroxylation is 2. The van der Waals surface area contributed by atoms with Crippen LogP contribution in [0.1, 0.15) is 24.5 Å². The summed E-state index contributed by atoms with van der Waals surface area (Å²) in [7, 11) is 1.68. The van der Waals surface area contributed by atoms with Crippen molar-refractivity contribution in [2.45, 2.75) is 27.2 Å². The molecule has 2 atom stereocenters. The largest absolute Gasteiger partial charge is 0.492 e. The van der Waals surface area contributed by atoms with E-state index in [1.165, 1.54) is 11.1 Å². The van der Waals surface area contributed by atoms with Gasteiger partial charge in [-0.3, -0.25) is 0 Å². The van der Waals surface area contributed by atoms with Gasteiger partial charge >= 0.3 is 0 Å². The lowest BCUT2D eigenvalue weighted by atomic mass is 9.87. The Hall–Kier alpha value is -1.78. The first-order valence-corrected chi connectivity index (χ1v) is 9.39. The molecule has 1 aliphatic carbocycles. The zero-order chi connectivity index (χ0) is 18.8. The van der Waals surface area contributed by atoms with E-state index in [1.807, 2.05) is 6.07 Å². The molecule has 0 saturated heterocycles. The van der Waals surface area contributed by atoms with Gasteiger partial charge < -0.3 is 18.9 Å². The maximum Gasteiger partial charge on any atom is 0.119 e. The van der Waals surface area contributed by atoms with Crippen molar-refractivity contribution in [2.75, 3.05) is 40.1 Å². The van der Waals surface area contributed by atoms with Crippen LogP contribution >= 0.6 is 0 Å². The molecule has 4 heteroatoms. The van der Waals surface area contributed by atoms with Crippen LogP contribution in [-0.2, 0) is 14.2 Å². The Morgan fingerprint density at radius 2 is 1.73 bits per heavy atom. The predicted octanol–water partition coefficient (Wildman–Crippen LogP) is 4.46. The molecule has 26 heavy (non-hydrogen) atoms. The van der Waals surface area contributed by atoms with Gasteiger partial charge in [-0.05, 0) is 67.5 Å². The first-order chi connectivity index (χ1) is 12.6. The fraction of sp³-hybridized carbons (Fsp3) is 0.545. The molecule has 144 valence electrons. The molecule has 0 heterocycles. The highest BCUT2D eigenvalue weighted by Gasteiger charge is 2.17. The van der Waals surface area contributed by atoms with Gasteiger partial charge in [0.05, 0.1) is 13.2 Å². The Balaban J connectivity index is 1.63. The molecule has 2 unspecified atom stereocenters. The van der Waals surface area contributed by atoms with E-state index in [9.17, 15) is 0 Å². The monoisotopic (exact) mass is 360 g/mol. The van der Waals surface area contributed by atoms with Gasteiger partial charge in [-0.2, -0.15) is 0 Å². The van der Waals surface area contributed by atoms with E-state index in [2.05, 4.69) is 51.1 Å². The Kier molecular flexibility index (Phi) is 8.72. The average molecular weight is 360 g/mol. The summed E-state index contributed by atoms with van der Waals surface area (Å²) >= 11 is 0. The van der Waals surface area contributed by atoms with E-state index < -0.39 is 0 Å². The molecule has 0 amide bonds. The van der Waals surface area contributed by atoms with E-state index >= 15 is 0 Å². The molecule has 0 radical (unpaired) electrons. The van der Waals surface area contributed by atoms with Gasteiger partial charge in [0, 0.05) is 13.7 Å². The quantitative estimate of drug-likeness (QED) is 0.546. The molecule has 0 aromatic heterocycles. The van der Waals surface area contributed by atoms with E-state index in [0.29, 0.717) is 38.3 Å². The smallest absolute Gasteiger partial charge is 0.119 e. The maximum atomic E-state index is 5.76. The van der Waals surface area contributed by atoms with Gasteiger partial charge in [-0.25, -0.2) is 0 Å². The Labute approximate surface area is 157 Å². The number of benzene rings is 1. The molecule has 2 rings (SSSR count). The minimum atomic E-state index is 0.443. The second-order valence-corrected chi connectivity index (χ2v) is 6.79. The van der Waals surface area contributed by atoms with Crippen molar-refractivity contribution in [2.24, 2.45) is 11.8 Å². The minimum Gasteiger partial charge on any atom is -0.492 e. The van der Waals surface area contributed by atoms with Crippen LogP contribution in [0.25, 0.3) is 0 Å². The van der Waals surface area contributed by atoms with Crippen molar-refractivity contribution in [1.82, 2.24) is 0 Å². The summed E-state index contributed by atoms with van der Waals surface area (Å²) < 4.78 is 22.2. The third-order valence-corrected chi connectivity index (χ3v) is 4.74. The van der Waals surface area contributed by atoms with Crippen molar-refractivity contribution in [1.29, 1.82) is 0 Å². The van der Waals surface area contributed by atoms with Gasteiger partial charge in [0.2, 0.25) is 0 Å². The van der Waals surface area contributed by atoms with Gasteiger partial charge in [0.25, 0.3) is 0 Å². The number of methoxy groups -OCH3 is 1. The summed E-state index contributed by atoms with van der Waals surface area (Å²) in [5.74, 6) is 2.78. The molecule has 1 aromatic carbocycles. The summed E-state index contributed by atoms with van der Waals surface area (Å²) in [4.78, 5) is 0. The van der Waals surface area contributed by atoms with E-state index in [4.69, 9.17) is 18.9 Å². The topological polar surface area (TPSA) is 36.9 Å². The van der Waals surface area contributed by atoms with Crippen LogP contribution < -0.4 is 4.74 Å². The number of hydrogen-bond acceptors (Lipinski definition) is 4. The van der Waals surface area contributed by atoms with Crippen LogP contribution in [0.2, 0.25) is 0 Å². The van der Waals surface area contributed by atoms with Crippen LogP contribution in [-0.4, -0.2) is 40.1 Å². The summed E-state index contributed by atoms with van der Waals surface area (Å²) in [6, 6.07) is 6.16. The summed E-state index contributed by atoms with van der Waals surface area (Å²) in [6.45, 7) is 9.52. The van der Waals surface area contributed by atoms with E-state index in [-0.39, 0.29) is 0 Å². The van der Waals surface area contributed by atoms with Crippen LogP contribution in [0.15, 0.2) is 42.2 Å². The fourth-order valence-corrected chi connectivity index (χ4v) is 2.84. The third kappa shape index (κ3) is 6.85. The summed E-state index contributed by atoms with van der Waals surface area (Å²) in [5.41, 5.74) is 2.53. The first kappa shape index (κ1) is 20.5. The highest BCUT2D eigenvalue weighted by molar-refractivity contribution is 5.33. The Bertz CT molecular complexity index is 606. The van der Waals surface area contributed by atoms with Gasteiger partial charge in [0.15, 0.2) is 0 Å². The minimum absolute atomic E-state index is 0.443. The molecule has 0 spiro atoms. The average Bonchev–Trinajstić information content (AvgIpc) is 2.63. The highest BCUT2D eigenvalue weighted by atomic mass is 16.5. The normalized spacial score (nSPS) is 19.3.